The van der Waals surface area contributed by atoms with E-state index in [1.807, 2.05) is 12.1 Å². The van der Waals surface area contributed by atoms with Crippen LogP contribution in [0, 0.1) is 11.8 Å². The van der Waals surface area contributed by atoms with Crippen LogP contribution in [0.5, 0.6) is 5.75 Å². The largest absolute Gasteiger partial charge is 0.497 e. The Morgan fingerprint density at radius 3 is 2.81 bits per heavy atom. The number of rotatable bonds is 5. The van der Waals surface area contributed by atoms with Crippen LogP contribution in [0.4, 0.5) is 0 Å². The van der Waals surface area contributed by atoms with Crippen LogP contribution >= 0.6 is 22.9 Å². The Morgan fingerprint density at radius 2 is 2.07 bits per heavy atom. The predicted molar refractivity (Wildman–Crippen MR) is 108 cm³/mol. The van der Waals surface area contributed by atoms with Crippen LogP contribution in [0.25, 0.3) is 10.1 Å². The Morgan fingerprint density at radius 1 is 1.30 bits per heavy atom. The van der Waals surface area contributed by atoms with E-state index in [2.05, 4.69) is 19.2 Å². The van der Waals surface area contributed by atoms with Gasteiger partial charge in [0.1, 0.15) is 10.6 Å². The highest BCUT2D eigenvalue weighted by Gasteiger charge is 2.28. The first-order valence-corrected chi connectivity index (χ1v) is 10.3. The van der Waals surface area contributed by atoms with Crippen molar-refractivity contribution in [2.45, 2.75) is 39.2 Å². The lowest BCUT2D eigenvalue weighted by molar-refractivity contribution is -0.125. The Kier molecular flexibility index (Phi) is 6.27. The molecule has 3 rings (SSSR count). The summed E-state index contributed by atoms with van der Waals surface area (Å²) in [7, 11) is 1.58. The van der Waals surface area contributed by atoms with Crippen molar-refractivity contribution in [1.29, 1.82) is 0 Å². The summed E-state index contributed by atoms with van der Waals surface area (Å²) in [6, 6.07) is 5.55. The third kappa shape index (κ3) is 4.38. The molecule has 146 valence electrons. The molecule has 0 saturated heterocycles. The number of hydrogen-bond donors (Lipinski definition) is 1. The van der Waals surface area contributed by atoms with E-state index in [1.54, 1.807) is 13.2 Å². The fraction of sp³-hybridized carbons (Fsp3) is 0.500. The molecule has 2 aromatic rings. The number of esters is 1. The Labute approximate surface area is 168 Å². The van der Waals surface area contributed by atoms with Crippen molar-refractivity contribution in [2.24, 2.45) is 11.8 Å². The van der Waals surface area contributed by atoms with Gasteiger partial charge in [0.15, 0.2) is 6.61 Å². The van der Waals surface area contributed by atoms with Crippen LogP contribution in [0.3, 0.4) is 0 Å². The van der Waals surface area contributed by atoms with E-state index in [4.69, 9.17) is 21.1 Å². The van der Waals surface area contributed by atoms with E-state index >= 15 is 0 Å². The maximum absolute atomic E-state index is 12.4. The molecule has 1 saturated carbocycles. The summed E-state index contributed by atoms with van der Waals surface area (Å²) in [4.78, 5) is 24.9. The van der Waals surface area contributed by atoms with Gasteiger partial charge in [0.2, 0.25) is 0 Å². The predicted octanol–water partition coefficient (Wildman–Crippen LogP) is 4.66. The molecule has 0 bridgehead atoms. The van der Waals surface area contributed by atoms with Gasteiger partial charge >= 0.3 is 5.97 Å². The Bertz CT molecular complexity index is 850. The zero-order valence-corrected chi connectivity index (χ0v) is 17.3. The normalized spacial score (nSPS) is 22.4. The standard InChI is InChI=1S/C20H24ClNO4S/c1-11-5-4-6-15(12(11)2)22-17(23)10-26-20(24)19-18(21)14-8-7-13(25-3)9-16(14)27-19/h7-9,11-12,15H,4-6,10H2,1-3H3,(H,22,23). The van der Waals surface area contributed by atoms with Gasteiger partial charge in [0.25, 0.3) is 5.91 Å². The second kappa shape index (κ2) is 8.48. The molecule has 3 unspecified atom stereocenters. The lowest BCUT2D eigenvalue weighted by Gasteiger charge is -2.34. The highest BCUT2D eigenvalue weighted by molar-refractivity contribution is 7.21. The van der Waals surface area contributed by atoms with Crippen LogP contribution in [0.15, 0.2) is 18.2 Å². The van der Waals surface area contributed by atoms with Crippen molar-refractivity contribution >= 4 is 44.9 Å². The van der Waals surface area contributed by atoms with Gasteiger partial charge < -0.3 is 14.8 Å². The molecule has 1 heterocycles. The van der Waals surface area contributed by atoms with Crippen molar-refractivity contribution in [3.8, 4) is 5.75 Å². The molecule has 1 fully saturated rings. The minimum atomic E-state index is -0.583. The van der Waals surface area contributed by atoms with Gasteiger partial charge in [-0.2, -0.15) is 0 Å². The van der Waals surface area contributed by atoms with E-state index in [-0.39, 0.29) is 18.6 Å². The summed E-state index contributed by atoms with van der Waals surface area (Å²) in [5, 5.41) is 4.11. The molecule has 5 nitrogen and oxygen atoms in total. The van der Waals surface area contributed by atoms with Gasteiger partial charge in [-0.3, -0.25) is 4.79 Å². The Balaban J connectivity index is 1.61. The van der Waals surface area contributed by atoms with Gasteiger partial charge in [-0.15, -0.1) is 11.3 Å². The third-order valence-corrected chi connectivity index (χ3v) is 7.05. The minimum Gasteiger partial charge on any atom is -0.497 e. The van der Waals surface area contributed by atoms with E-state index in [0.717, 1.165) is 22.9 Å². The molecular weight excluding hydrogens is 386 g/mol. The summed E-state index contributed by atoms with van der Waals surface area (Å²) in [5.41, 5.74) is 0. The first-order valence-electron chi connectivity index (χ1n) is 9.13. The number of thiophene rings is 1. The average molecular weight is 410 g/mol. The van der Waals surface area contributed by atoms with E-state index in [0.29, 0.717) is 27.5 Å². The number of carbonyl (C=O) groups excluding carboxylic acids is 2. The zero-order valence-electron chi connectivity index (χ0n) is 15.7. The number of carbonyl (C=O) groups is 2. The van der Waals surface area contributed by atoms with Gasteiger partial charge in [-0.25, -0.2) is 4.79 Å². The lowest BCUT2D eigenvalue weighted by atomic mass is 9.78. The summed E-state index contributed by atoms with van der Waals surface area (Å²) in [6.45, 7) is 4.07. The molecule has 0 radical (unpaired) electrons. The molecule has 1 aromatic carbocycles. The fourth-order valence-electron chi connectivity index (χ4n) is 3.53. The van der Waals surface area contributed by atoms with Gasteiger partial charge in [0.05, 0.1) is 12.1 Å². The van der Waals surface area contributed by atoms with Crippen molar-refractivity contribution in [3.63, 3.8) is 0 Å². The number of ether oxygens (including phenoxy) is 2. The van der Waals surface area contributed by atoms with Crippen molar-refractivity contribution in [2.75, 3.05) is 13.7 Å². The summed E-state index contributed by atoms with van der Waals surface area (Å²) in [5.74, 6) is 0.843. The Hall–Kier alpha value is -1.79. The molecular formula is C20H24ClNO4S. The average Bonchev–Trinajstić information content (AvgIpc) is 2.99. The van der Waals surface area contributed by atoms with Crippen molar-refractivity contribution in [1.82, 2.24) is 5.32 Å². The molecule has 0 spiro atoms. The second-order valence-corrected chi connectivity index (χ2v) is 8.55. The maximum Gasteiger partial charge on any atom is 0.350 e. The molecule has 1 N–H and O–H groups in total. The third-order valence-electron chi connectivity index (χ3n) is 5.41. The number of amides is 1. The SMILES string of the molecule is COc1ccc2c(Cl)c(C(=O)OCC(=O)NC3CCCC(C)C3C)sc2c1. The number of hydrogen-bond acceptors (Lipinski definition) is 5. The molecule has 1 aromatic heterocycles. The topological polar surface area (TPSA) is 64.6 Å². The van der Waals surface area contributed by atoms with E-state index in [1.165, 1.54) is 17.8 Å². The number of halogens is 1. The van der Waals surface area contributed by atoms with Crippen LogP contribution in [-0.2, 0) is 9.53 Å². The molecule has 3 atom stereocenters. The monoisotopic (exact) mass is 409 g/mol. The fourth-order valence-corrected chi connectivity index (χ4v) is 4.97. The zero-order chi connectivity index (χ0) is 19.6. The van der Waals surface area contributed by atoms with Crippen LogP contribution in [0.2, 0.25) is 5.02 Å². The van der Waals surface area contributed by atoms with Crippen LogP contribution in [-0.4, -0.2) is 31.6 Å². The molecule has 1 amide bonds. The van der Waals surface area contributed by atoms with Crippen LogP contribution < -0.4 is 10.1 Å². The highest BCUT2D eigenvalue weighted by Crippen LogP contribution is 2.37. The smallest absolute Gasteiger partial charge is 0.350 e. The first-order chi connectivity index (χ1) is 12.9. The summed E-state index contributed by atoms with van der Waals surface area (Å²) in [6.07, 6.45) is 3.27. The van der Waals surface area contributed by atoms with Crippen LogP contribution in [0.1, 0.15) is 42.8 Å². The number of nitrogens with one attached hydrogen (secondary N) is 1. The number of fused-ring (bicyclic) bond motifs is 1. The van der Waals surface area contributed by atoms with Gasteiger partial charge in [0, 0.05) is 16.1 Å². The summed E-state index contributed by atoms with van der Waals surface area (Å²) < 4.78 is 11.2. The number of benzene rings is 1. The lowest BCUT2D eigenvalue weighted by Crippen LogP contribution is -2.45. The number of methoxy groups -OCH3 is 1. The second-order valence-electron chi connectivity index (χ2n) is 7.12. The van der Waals surface area contributed by atoms with Gasteiger partial charge in [-0.05, 0) is 36.5 Å². The minimum absolute atomic E-state index is 0.139. The molecule has 27 heavy (non-hydrogen) atoms. The van der Waals surface area contributed by atoms with Crippen molar-refractivity contribution < 1.29 is 19.1 Å². The quantitative estimate of drug-likeness (QED) is 0.729. The maximum atomic E-state index is 12.4. The van der Waals surface area contributed by atoms with Gasteiger partial charge in [-0.1, -0.05) is 38.3 Å². The molecule has 1 aliphatic rings. The summed E-state index contributed by atoms with van der Waals surface area (Å²) >= 11 is 7.55. The molecule has 0 aliphatic heterocycles. The molecule has 7 heteroatoms. The molecule has 1 aliphatic carbocycles. The van der Waals surface area contributed by atoms with E-state index < -0.39 is 5.97 Å². The first kappa shape index (κ1) is 20.0. The van der Waals surface area contributed by atoms with E-state index in [9.17, 15) is 9.59 Å². The highest BCUT2D eigenvalue weighted by atomic mass is 35.5. The van der Waals surface area contributed by atoms with Crippen molar-refractivity contribution in [3.05, 3.63) is 28.1 Å².